The van der Waals surface area contributed by atoms with Crippen LogP contribution in [-0.2, 0) is 14.3 Å². The first-order chi connectivity index (χ1) is 13.0. The van der Waals surface area contributed by atoms with Gasteiger partial charge in [-0.25, -0.2) is 9.59 Å². The Labute approximate surface area is 167 Å². The summed E-state index contributed by atoms with van der Waals surface area (Å²) in [7, 11) is 0. The van der Waals surface area contributed by atoms with Crippen molar-refractivity contribution in [2.45, 2.75) is 19.9 Å². The molecule has 2 heterocycles. The number of hydrogen-bond donors (Lipinski definition) is 1. The van der Waals surface area contributed by atoms with Crippen molar-refractivity contribution in [1.29, 1.82) is 0 Å². The van der Waals surface area contributed by atoms with Crippen molar-refractivity contribution < 1.29 is 19.1 Å². The van der Waals surface area contributed by atoms with Crippen LogP contribution in [0.25, 0.3) is 0 Å². The van der Waals surface area contributed by atoms with E-state index >= 15 is 0 Å². The van der Waals surface area contributed by atoms with E-state index in [2.05, 4.69) is 26.1 Å². The quantitative estimate of drug-likeness (QED) is 0.716. The van der Waals surface area contributed by atoms with Gasteiger partial charge in [0.25, 0.3) is 0 Å². The Morgan fingerprint density at radius 2 is 1.96 bits per heavy atom. The predicted molar refractivity (Wildman–Crippen MR) is 104 cm³/mol. The van der Waals surface area contributed by atoms with Gasteiger partial charge in [-0.3, -0.25) is 4.90 Å². The van der Waals surface area contributed by atoms with Crippen molar-refractivity contribution in [2.75, 3.05) is 39.6 Å². The van der Waals surface area contributed by atoms with E-state index in [0.717, 1.165) is 23.1 Å². The first kappa shape index (κ1) is 19.9. The molecule has 0 spiro atoms. The minimum atomic E-state index is -0.506. The largest absolute Gasteiger partial charge is 0.463 e. The summed E-state index contributed by atoms with van der Waals surface area (Å²) in [6.45, 7) is 6.96. The molecule has 0 aromatic heterocycles. The molecule has 2 aliphatic rings. The first-order valence-corrected chi connectivity index (χ1v) is 9.81. The average Bonchev–Trinajstić information content (AvgIpc) is 2.65. The van der Waals surface area contributed by atoms with Gasteiger partial charge in [-0.05, 0) is 31.5 Å². The third-order valence-electron chi connectivity index (χ3n) is 4.68. The Hall–Kier alpha value is -1.90. The molecule has 0 saturated carbocycles. The number of benzene rings is 1. The summed E-state index contributed by atoms with van der Waals surface area (Å²) in [6.07, 6.45) is 0. The summed E-state index contributed by atoms with van der Waals surface area (Å²) in [5, 5.41) is 2.82. The monoisotopic (exact) mass is 437 g/mol. The van der Waals surface area contributed by atoms with E-state index in [0.29, 0.717) is 31.2 Å². The van der Waals surface area contributed by atoms with Crippen molar-refractivity contribution in [3.05, 3.63) is 45.6 Å². The summed E-state index contributed by atoms with van der Waals surface area (Å²) in [5.41, 5.74) is 1.86. The van der Waals surface area contributed by atoms with Crippen molar-refractivity contribution in [3.63, 3.8) is 0 Å². The third-order valence-corrected chi connectivity index (χ3v) is 5.21. The number of ether oxygens (including phenoxy) is 2. The van der Waals surface area contributed by atoms with E-state index in [1.165, 1.54) is 0 Å². The summed E-state index contributed by atoms with van der Waals surface area (Å²) in [4.78, 5) is 29.4. The van der Waals surface area contributed by atoms with E-state index in [-0.39, 0.29) is 12.6 Å². The molecule has 2 amide bonds. The summed E-state index contributed by atoms with van der Waals surface area (Å²) >= 11 is 3.44. The molecule has 1 aromatic rings. The number of hydrogen-bond acceptors (Lipinski definition) is 5. The highest BCUT2D eigenvalue weighted by molar-refractivity contribution is 9.10. The number of carbonyl (C=O) groups is 2. The molecule has 3 rings (SSSR count). The van der Waals surface area contributed by atoms with Crippen LogP contribution in [0, 0.1) is 0 Å². The number of esters is 1. The number of nitrogens with zero attached hydrogens (tertiary/aromatic N) is 2. The SMILES string of the molecule is CCOC(=O)C1=C(C)NC(=O)N(CN2CCOCC2)C1c1ccc(Br)cc1. The Morgan fingerprint density at radius 3 is 2.59 bits per heavy atom. The number of rotatable bonds is 5. The molecule has 0 aliphatic carbocycles. The molecular formula is C19H24BrN3O4. The van der Waals surface area contributed by atoms with Gasteiger partial charge in [-0.15, -0.1) is 0 Å². The molecular weight excluding hydrogens is 414 g/mol. The van der Waals surface area contributed by atoms with Crippen LogP contribution in [0.5, 0.6) is 0 Å². The lowest BCUT2D eigenvalue weighted by molar-refractivity contribution is -0.139. The molecule has 0 radical (unpaired) electrons. The average molecular weight is 438 g/mol. The fourth-order valence-corrected chi connectivity index (χ4v) is 3.61. The Balaban J connectivity index is 1.99. The van der Waals surface area contributed by atoms with Crippen LogP contribution >= 0.6 is 15.9 Å². The van der Waals surface area contributed by atoms with Gasteiger partial charge in [0.15, 0.2) is 0 Å². The Kier molecular flexibility index (Phi) is 6.51. The molecule has 2 aliphatic heterocycles. The zero-order chi connectivity index (χ0) is 19.4. The Bertz CT molecular complexity index is 729. The van der Waals surface area contributed by atoms with Gasteiger partial charge < -0.3 is 19.7 Å². The van der Waals surface area contributed by atoms with E-state index < -0.39 is 12.0 Å². The molecule has 146 valence electrons. The van der Waals surface area contributed by atoms with Crippen molar-refractivity contribution >= 4 is 27.9 Å². The number of urea groups is 1. The van der Waals surface area contributed by atoms with Gasteiger partial charge in [0.05, 0.1) is 38.1 Å². The van der Waals surface area contributed by atoms with Gasteiger partial charge in [-0.2, -0.15) is 0 Å². The lowest BCUT2D eigenvalue weighted by atomic mass is 9.94. The van der Waals surface area contributed by atoms with E-state index in [1.54, 1.807) is 18.7 Å². The molecule has 1 saturated heterocycles. The molecule has 1 unspecified atom stereocenters. The van der Waals surface area contributed by atoms with Gasteiger partial charge in [0.2, 0.25) is 0 Å². The highest BCUT2D eigenvalue weighted by Crippen LogP contribution is 2.35. The first-order valence-electron chi connectivity index (χ1n) is 9.02. The second kappa shape index (κ2) is 8.86. The highest BCUT2D eigenvalue weighted by atomic mass is 79.9. The Morgan fingerprint density at radius 1 is 1.30 bits per heavy atom. The number of morpholine rings is 1. The molecule has 1 aromatic carbocycles. The van der Waals surface area contributed by atoms with E-state index in [9.17, 15) is 9.59 Å². The maximum Gasteiger partial charge on any atom is 0.338 e. The van der Waals surface area contributed by atoms with Crippen LogP contribution in [0.4, 0.5) is 4.79 Å². The van der Waals surface area contributed by atoms with Crippen LogP contribution in [0.3, 0.4) is 0 Å². The summed E-state index contributed by atoms with van der Waals surface area (Å²) in [6, 6.07) is 6.94. The van der Waals surface area contributed by atoms with Gasteiger partial charge in [0, 0.05) is 23.3 Å². The normalized spacial score (nSPS) is 21.2. The maximum atomic E-state index is 12.8. The molecule has 8 heteroatoms. The lowest BCUT2D eigenvalue weighted by Gasteiger charge is -2.41. The van der Waals surface area contributed by atoms with Crippen molar-refractivity contribution in [1.82, 2.24) is 15.1 Å². The van der Waals surface area contributed by atoms with Crippen LogP contribution < -0.4 is 5.32 Å². The lowest BCUT2D eigenvalue weighted by Crippen LogP contribution is -2.54. The smallest absolute Gasteiger partial charge is 0.338 e. The molecule has 27 heavy (non-hydrogen) atoms. The highest BCUT2D eigenvalue weighted by Gasteiger charge is 2.39. The number of carbonyl (C=O) groups excluding carboxylic acids is 2. The summed E-state index contributed by atoms with van der Waals surface area (Å²) in [5.74, 6) is -0.408. The zero-order valence-corrected chi connectivity index (χ0v) is 17.1. The van der Waals surface area contributed by atoms with Crippen LogP contribution in [0.1, 0.15) is 25.5 Å². The van der Waals surface area contributed by atoms with Gasteiger partial charge in [-0.1, -0.05) is 28.1 Å². The van der Waals surface area contributed by atoms with Gasteiger partial charge >= 0.3 is 12.0 Å². The number of halogens is 1. The second-order valence-corrected chi connectivity index (χ2v) is 7.40. The third kappa shape index (κ3) is 4.51. The number of nitrogens with one attached hydrogen (secondary N) is 1. The minimum Gasteiger partial charge on any atom is -0.463 e. The fourth-order valence-electron chi connectivity index (χ4n) is 3.35. The second-order valence-electron chi connectivity index (χ2n) is 6.49. The molecule has 7 nitrogen and oxygen atoms in total. The van der Waals surface area contributed by atoms with Crippen LogP contribution in [0.15, 0.2) is 40.0 Å². The maximum absolute atomic E-state index is 12.8. The van der Waals surface area contributed by atoms with Crippen molar-refractivity contribution in [3.8, 4) is 0 Å². The van der Waals surface area contributed by atoms with Crippen molar-refractivity contribution in [2.24, 2.45) is 0 Å². The standard InChI is InChI=1S/C19H24BrN3O4/c1-3-27-18(24)16-13(2)21-19(25)23(12-22-8-10-26-11-9-22)17(16)14-4-6-15(20)7-5-14/h4-7,17H,3,8-12H2,1-2H3,(H,21,25). The van der Waals surface area contributed by atoms with E-state index in [1.807, 2.05) is 24.3 Å². The van der Waals surface area contributed by atoms with Gasteiger partial charge in [0.1, 0.15) is 0 Å². The predicted octanol–water partition coefficient (Wildman–Crippen LogP) is 2.64. The molecule has 1 N–H and O–H groups in total. The van der Waals surface area contributed by atoms with Crippen LogP contribution in [0.2, 0.25) is 0 Å². The van der Waals surface area contributed by atoms with E-state index in [4.69, 9.17) is 9.47 Å². The summed E-state index contributed by atoms with van der Waals surface area (Å²) < 4.78 is 11.6. The fraction of sp³-hybridized carbons (Fsp3) is 0.474. The molecule has 1 fully saturated rings. The number of allylic oxidation sites excluding steroid dienone is 1. The van der Waals surface area contributed by atoms with Crippen LogP contribution in [-0.4, -0.2) is 61.4 Å². The molecule has 0 bridgehead atoms. The molecule has 1 atom stereocenters. The zero-order valence-electron chi connectivity index (χ0n) is 15.5. The topological polar surface area (TPSA) is 71.1 Å². The number of amides is 2. The minimum absolute atomic E-state index is 0.222.